The van der Waals surface area contributed by atoms with Gasteiger partial charge in [-0.1, -0.05) is 5.16 Å². The van der Waals surface area contributed by atoms with Crippen molar-refractivity contribution in [3.8, 4) is 0 Å². The van der Waals surface area contributed by atoms with E-state index in [2.05, 4.69) is 10.5 Å². The molecule has 1 aliphatic heterocycles. The Morgan fingerprint density at radius 1 is 1.60 bits per heavy atom. The van der Waals surface area contributed by atoms with Crippen molar-refractivity contribution in [3.63, 3.8) is 0 Å². The van der Waals surface area contributed by atoms with E-state index >= 15 is 0 Å². The minimum atomic E-state index is 0. The van der Waals surface area contributed by atoms with E-state index in [1.54, 1.807) is 6.20 Å². The molecule has 0 saturated carbocycles. The summed E-state index contributed by atoms with van der Waals surface area (Å²) in [7, 11) is 0. The molecule has 0 unspecified atom stereocenters. The monoisotopic (exact) mass is 160 g/mol. The maximum atomic E-state index is 4.97. The number of hydrogen-bond acceptors (Lipinski definition) is 3. The summed E-state index contributed by atoms with van der Waals surface area (Å²) in [6.45, 7) is 1.93. The number of rotatable bonds is 0. The molecule has 0 spiro atoms. The summed E-state index contributed by atoms with van der Waals surface area (Å²) in [5.74, 6) is 1.05. The largest absolute Gasteiger partial charge is 0.361 e. The van der Waals surface area contributed by atoms with Gasteiger partial charge in [0, 0.05) is 25.1 Å². The molecule has 1 aromatic heterocycles. The second-order valence-corrected chi connectivity index (χ2v) is 2.20. The lowest BCUT2D eigenvalue weighted by Gasteiger charge is -2.08. The van der Waals surface area contributed by atoms with Crippen molar-refractivity contribution >= 4 is 12.4 Å². The number of halogens is 1. The third-order valence-corrected chi connectivity index (χ3v) is 1.57. The highest BCUT2D eigenvalue weighted by molar-refractivity contribution is 5.85. The SMILES string of the molecule is Cl.c1noc2c1CNCC2. The minimum Gasteiger partial charge on any atom is -0.361 e. The zero-order chi connectivity index (χ0) is 6.10. The van der Waals surface area contributed by atoms with Crippen LogP contribution in [0, 0.1) is 0 Å². The Morgan fingerprint density at radius 2 is 2.50 bits per heavy atom. The lowest BCUT2D eigenvalue weighted by Crippen LogP contribution is -2.22. The average molecular weight is 161 g/mol. The number of nitrogens with zero attached hydrogens (tertiary/aromatic N) is 1. The Bertz CT molecular complexity index is 191. The molecule has 0 amide bonds. The van der Waals surface area contributed by atoms with Crippen LogP contribution in [0.3, 0.4) is 0 Å². The molecule has 0 fully saturated rings. The Morgan fingerprint density at radius 3 is 3.30 bits per heavy atom. The number of hydrogen-bond donors (Lipinski definition) is 1. The van der Waals surface area contributed by atoms with Gasteiger partial charge in [-0.05, 0) is 0 Å². The molecule has 0 atom stereocenters. The molecule has 10 heavy (non-hydrogen) atoms. The molecular weight excluding hydrogens is 152 g/mol. The van der Waals surface area contributed by atoms with Crippen LogP contribution < -0.4 is 5.32 Å². The topological polar surface area (TPSA) is 38.1 Å². The molecule has 4 heteroatoms. The van der Waals surface area contributed by atoms with Gasteiger partial charge in [-0.3, -0.25) is 0 Å². The molecule has 2 rings (SSSR count). The van der Waals surface area contributed by atoms with Crippen LogP contribution in [0.2, 0.25) is 0 Å². The van der Waals surface area contributed by atoms with Crippen LogP contribution in [0.25, 0.3) is 0 Å². The lowest BCUT2D eigenvalue weighted by atomic mass is 10.1. The smallest absolute Gasteiger partial charge is 0.142 e. The maximum Gasteiger partial charge on any atom is 0.142 e. The van der Waals surface area contributed by atoms with E-state index in [-0.39, 0.29) is 12.4 Å². The van der Waals surface area contributed by atoms with E-state index < -0.39 is 0 Å². The van der Waals surface area contributed by atoms with Gasteiger partial charge in [0.15, 0.2) is 0 Å². The van der Waals surface area contributed by atoms with Crippen LogP contribution >= 0.6 is 12.4 Å². The fourth-order valence-electron chi connectivity index (χ4n) is 1.06. The predicted octanol–water partition coefficient (Wildman–Crippen LogP) is 0.742. The molecule has 1 N–H and O–H groups in total. The van der Waals surface area contributed by atoms with Crippen LogP contribution in [0.5, 0.6) is 0 Å². The molecule has 0 radical (unpaired) electrons. The molecule has 1 aromatic rings. The molecule has 0 saturated heterocycles. The third-order valence-electron chi connectivity index (χ3n) is 1.57. The highest BCUT2D eigenvalue weighted by atomic mass is 35.5. The highest BCUT2D eigenvalue weighted by Gasteiger charge is 2.11. The number of aromatic nitrogens is 1. The van der Waals surface area contributed by atoms with Gasteiger partial charge in [-0.2, -0.15) is 0 Å². The van der Waals surface area contributed by atoms with Crippen molar-refractivity contribution in [3.05, 3.63) is 17.5 Å². The second-order valence-electron chi connectivity index (χ2n) is 2.20. The summed E-state index contributed by atoms with van der Waals surface area (Å²) in [4.78, 5) is 0. The summed E-state index contributed by atoms with van der Waals surface area (Å²) in [6.07, 6.45) is 2.76. The molecule has 3 nitrogen and oxygen atoms in total. The van der Waals surface area contributed by atoms with Crippen LogP contribution in [-0.4, -0.2) is 11.7 Å². The van der Waals surface area contributed by atoms with Gasteiger partial charge in [0.2, 0.25) is 0 Å². The summed E-state index contributed by atoms with van der Waals surface area (Å²) < 4.78 is 4.97. The van der Waals surface area contributed by atoms with E-state index in [9.17, 15) is 0 Å². The first-order valence-electron chi connectivity index (χ1n) is 3.10. The quantitative estimate of drug-likeness (QED) is 0.609. The Labute approximate surface area is 65.2 Å². The molecule has 0 bridgehead atoms. The molecule has 0 aromatic carbocycles. The van der Waals surface area contributed by atoms with E-state index in [4.69, 9.17) is 4.52 Å². The van der Waals surface area contributed by atoms with Crippen molar-refractivity contribution in [1.29, 1.82) is 0 Å². The fraction of sp³-hybridized carbons (Fsp3) is 0.500. The minimum absolute atomic E-state index is 0. The molecule has 0 aliphatic carbocycles. The first kappa shape index (κ1) is 7.57. The first-order valence-corrected chi connectivity index (χ1v) is 3.10. The summed E-state index contributed by atoms with van der Waals surface area (Å²) in [5.41, 5.74) is 1.21. The van der Waals surface area contributed by atoms with E-state index in [1.165, 1.54) is 5.56 Å². The zero-order valence-corrected chi connectivity index (χ0v) is 6.28. The third kappa shape index (κ3) is 1.15. The normalized spacial score (nSPS) is 15.6. The van der Waals surface area contributed by atoms with Crippen LogP contribution in [0.4, 0.5) is 0 Å². The number of fused-ring (bicyclic) bond motifs is 1. The van der Waals surface area contributed by atoms with Gasteiger partial charge in [0.1, 0.15) is 5.76 Å². The fourth-order valence-corrected chi connectivity index (χ4v) is 1.06. The first-order chi connectivity index (χ1) is 4.47. The van der Waals surface area contributed by atoms with Crippen molar-refractivity contribution in [2.75, 3.05) is 6.54 Å². The summed E-state index contributed by atoms with van der Waals surface area (Å²) in [5, 5.41) is 6.92. The highest BCUT2D eigenvalue weighted by Crippen LogP contribution is 2.10. The van der Waals surface area contributed by atoms with Crippen LogP contribution in [-0.2, 0) is 13.0 Å². The van der Waals surface area contributed by atoms with Crippen molar-refractivity contribution in [2.24, 2.45) is 0 Å². The Hall–Kier alpha value is -0.540. The summed E-state index contributed by atoms with van der Waals surface area (Å²) >= 11 is 0. The lowest BCUT2D eigenvalue weighted by molar-refractivity contribution is 0.372. The van der Waals surface area contributed by atoms with E-state index in [0.29, 0.717) is 0 Å². The van der Waals surface area contributed by atoms with Crippen LogP contribution in [0.15, 0.2) is 10.7 Å². The van der Waals surface area contributed by atoms with Crippen LogP contribution in [0.1, 0.15) is 11.3 Å². The average Bonchev–Trinajstić information content (AvgIpc) is 2.33. The standard InChI is InChI=1S/C6H8N2O.ClH/c1-2-7-3-5-4-8-9-6(1)5;/h4,7H,1-3H2;1H. The zero-order valence-electron chi connectivity index (χ0n) is 5.46. The van der Waals surface area contributed by atoms with Gasteiger partial charge in [0.05, 0.1) is 6.20 Å². The molecule has 2 heterocycles. The van der Waals surface area contributed by atoms with Gasteiger partial charge < -0.3 is 9.84 Å². The maximum absolute atomic E-state index is 4.97. The molecule has 1 aliphatic rings. The van der Waals surface area contributed by atoms with Gasteiger partial charge >= 0.3 is 0 Å². The van der Waals surface area contributed by atoms with E-state index in [1.807, 2.05) is 0 Å². The predicted molar refractivity (Wildman–Crippen MR) is 39.2 cm³/mol. The van der Waals surface area contributed by atoms with E-state index in [0.717, 1.165) is 25.3 Å². The number of nitrogens with one attached hydrogen (secondary N) is 1. The van der Waals surface area contributed by atoms with Crippen molar-refractivity contribution in [1.82, 2.24) is 10.5 Å². The molecule has 56 valence electrons. The van der Waals surface area contributed by atoms with Crippen molar-refractivity contribution < 1.29 is 4.52 Å². The van der Waals surface area contributed by atoms with Gasteiger partial charge in [0.25, 0.3) is 0 Å². The Balaban J connectivity index is 0.000000500. The second kappa shape index (κ2) is 3.03. The Kier molecular flexibility index (Phi) is 2.29. The van der Waals surface area contributed by atoms with Gasteiger partial charge in [-0.15, -0.1) is 12.4 Å². The summed E-state index contributed by atoms with van der Waals surface area (Å²) in [6, 6.07) is 0. The van der Waals surface area contributed by atoms with Gasteiger partial charge in [-0.25, -0.2) is 0 Å². The molecular formula is C6H9ClN2O. The van der Waals surface area contributed by atoms with Crippen molar-refractivity contribution in [2.45, 2.75) is 13.0 Å².